The van der Waals surface area contributed by atoms with Crippen molar-refractivity contribution in [3.05, 3.63) is 101 Å². The quantitative estimate of drug-likeness (QED) is 0.143. The van der Waals surface area contributed by atoms with Gasteiger partial charge in [-0.1, -0.05) is 61.4 Å². The lowest BCUT2D eigenvalue weighted by molar-refractivity contribution is -0.131. The molecule has 0 unspecified atom stereocenters. The number of aliphatic carboxylic acids is 1. The van der Waals surface area contributed by atoms with Crippen molar-refractivity contribution in [2.24, 2.45) is 7.05 Å². The number of benzene rings is 3. The highest BCUT2D eigenvalue weighted by Crippen LogP contribution is 2.45. The second-order valence-electron chi connectivity index (χ2n) is 12.3. The normalized spacial score (nSPS) is 13.8. The van der Waals surface area contributed by atoms with Crippen molar-refractivity contribution in [3.8, 4) is 22.0 Å². The molecule has 3 aromatic carbocycles. The number of aromatic nitrogens is 2. The predicted molar refractivity (Wildman–Crippen MR) is 184 cm³/mol. The first-order valence-corrected chi connectivity index (χ1v) is 16.3. The van der Waals surface area contributed by atoms with Crippen LogP contribution >= 0.6 is 11.3 Å². The number of carbonyl (C=O) groups is 3. The minimum Gasteiger partial charge on any atom is -0.478 e. The van der Waals surface area contributed by atoms with E-state index in [0.717, 1.165) is 51.8 Å². The number of rotatable bonds is 9. The Kier molecular flexibility index (Phi) is 8.60. The molecule has 0 bridgehead atoms. The maximum Gasteiger partial charge on any atom is 0.328 e. The van der Waals surface area contributed by atoms with Crippen LogP contribution in [0.1, 0.15) is 66.9 Å². The first kappa shape index (κ1) is 31.0. The van der Waals surface area contributed by atoms with Crippen LogP contribution in [0, 0.1) is 0 Å². The van der Waals surface area contributed by atoms with E-state index in [0.29, 0.717) is 22.7 Å². The highest BCUT2D eigenvalue weighted by Gasteiger charge is 2.31. The average molecular weight is 633 g/mol. The van der Waals surface area contributed by atoms with Gasteiger partial charge >= 0.3 is 5.97 Å². The smallest absolute Gasteiger partial charge is 0.328 e. The minimum atomic E-state index is -1.21. The molecule has 0 radical (unpaired) electrons. The highest BCUT2D eigenvalue weighted by molar-refractivity contribution is 7.13. The molecule has 0 atom stereocenters. The predicted octanol–water partition coefficient (Wildman–Crippen LogP) is 7.87. The summed E-state index contributed by atoms with van der Waals surface area (Å²) in [6.45, 7) is 3.32. The number of carboxylic acids is 1. The third-order valence-corrected chi connectivity index (χ3v) is 9.50. The van der Waals surface area contributed by atoms with Gasteiger partial charge in [0.25, 0.3) is 5.91 Å². The zero-order chi connectivity index (χ0) is 32.4. The lowest BCUT2D eigenvalue weighted by Crippen LogP contribution is -2.52. The van der Waals surface area contributed by atoms with Crippen LogP contribution in [-0.4, -0.2) is 38.0 Å². The van der Waals surface area contributed by atoms with Crippen molar-refractivity contribution >= 4 is 51.8 Å². The highest BCUT2D eigenvalue weighted by atomic mass is 32.1. The van der Waals surface area contributed by atoms with Crippen molar-refractivity contribution in [3.63, 3.8) is 0 Å². The van der Waals surface area contributed by atoms with Crippen molar-refractivity contribution in [1.29, 1.82) is 0 Å². The maximum atomic E-state index is 13.6. The molecule has 8 nitrogen and oxygen atoms in total. The topological polar surface area (TPSA) is 113 Å². The summed E-state index contributed by atoms with van der Waals surface area (Å²) in [5.41, 5.74) is 5.88. The van der Waals surface area contributed by atoms with Gasteiger partial charge in [0.15, 0.2) is 0 Å². The van der Waals surface area contributed by atoms with Gasteiger partial charge in [0.2, 0.25) is 5.91 Å². The Bertz CT molecular complexity index is 1950. The monoisotopic (exact) mass is 632 g/mol. The Balaban J connectivity index is 1.26. The summed E-state index contributed by atoms with van der Waals surface area (Å²) >= 11 is 1.64. The number of amides is 2. The number of thiazole rings is 1. The Morgan fingerprint density at radius 2 is 1.72 bits per heavy atom. The van der Waals surface area contributed by atoms with E-state index in [4.69, 9.17) is 10.1 Å². The van der Waals surface area contributed by atoms with Gasteiger partial charge in [-0.3, -0.25) is 9.59 Å². The number of hydrogen-bond acceptors (Lipinski definition) is 5. The fourth-order valence-corrected chi connectivity index (χ4v) is 7.00. The largest absolute Gasteiger partial charge is 0.478 e. The SMILES string of the molecule is Cn1c(-c2csc(-c3ccccc3)n2)c(C2CCCC2)c2ccc(C(=O)NC(C)(C)C(=O)Nc3ccc(/C=C/C(=O)O)cc3)cc21. The Labute approximate surface area is 271 Å². The number of anilines is 1. The summed E-state index contributed by atoms with van der Waals surface area (Å²) in [6.07, 6.45) is 7.20. The van der Waals surface area contributed by atoms with E-state index in [-0.39, 0.29) is 11.8 Å². The molecule has 2 amide bonds. The van der Waals surface area contributed by atoms with Gasteiger partial charge in [-0.25, -0.2) is 9.78 Å². The molecule has 0 aliphatic heterocycles. The lowest BCUT2D eigenvalue weighted by Gasteiger charge is -2.25. The molecule has 3 N–H and O–H groups in total. The van der Waals surface area contributed by atoms with Gasteiger partial charge in [-0.2, -0.15) is 0 Å². The van der Waals surface area contributed by atoms with E-state index in [1.54, 1.807) is 49.4 Å². The molecular formula is C37H36N4O4S. The summed E-state index contributed by atoms with van der Waals surface area (Å²) in [5, 5.41) is 18.8. The Morgan fingerprint density at radius 3 is 2.41 bits per heavy atom. The molecular weight excluding hydrogens is 596 g/mol. The zero-order valence-electron chi connectivity index (χ0n) is 26.0. The van der Waals surface area contributed by atoms with Crippen molar-refractivity contribution in [1.82, 2.24) is 14.9 Å². The molecule has 1 saturated carbocycles. The molecule has 6 rings (SSSR count). The van der Waals surface area contributed by atoms with E-state index in [1.807, 2.05) is 43.4 Å². The minimum absolute atomic E-state index is 0.346. The molecule has 1 aliphatic rings. The summed E-state index contributed by atoms with van der Waals surface area (Å²) in [5.74, 6) is -1.32. The van der Waals surface area contributed by atoms with Gasteiger partial charge in [0.1, 0.15) is 10.5 Å². The summed E-state index contributed by atoms with van der Waals surface area (Å²) < 4.78 is 2.16. The lowest BCUT2D eigenvalue weighted by atomic mass is 9.93. The molecule has 0 spiro atoms. The van der Waals surface area contributed by atoms with E-state index >= 15 is 0 Å². The molecule has 1 fully saturated rings. The van der Waals surface area contributed by atoms with E-state index in [1.165, 1.54) is 24.5 Å². The van der Waals surface area contributed by atoms with Gasteiger partial charge in [0.05, 0.1) is 11.4 Å². The van der Waals surface area contributed by atoms with Gasteiger partial charge in [-0.05, 0) is 74.1 Å². The zero-order valence-corrected chi connectivity index (χ0v) is 26.9. The van der Waals surface area contributed by atoms with Crippen molar-refractivity contribution in [2.45, 2.75) is 51.0 Å². The first-order valence-electron chi connectivity index (χ1n) is 15.4. The number of aryl methyl sites for hydroxylation is 1. The Morgan fingerprint density at radius 1 is 1.00 bits per heavy atom. The second-order valence-corrected chi connectivity index (χ2v) is 13.1. The van der Waals surface area contributed by atoms with Crippen LogP contribution in [0.15, 0.2) is 84.3 Å². The average Bonchev–Trinajstić information content (AvgIpc) is 3.81. The van der Waals surface area contributed by atoms with Crippen LogP contribution in [0.5, 0.6) is 0 Å². The van der Waals surface area contributed by atoms with E-state index in [2.05, 4.69) is 32.7 Å². The van der Waals surface area contributed by atoms with E-state index < -0.39 is 11.5 Å². The summed E-state index contributed by atoms with van der Waals surface area (Å²) in [6, 6.07) is 22.8. The number of fused-ring (bicyclic) bond motifs is 1. The first-order chi connectivity index (χ1) is 22.1. The molecule has 5 aromatic rings. The number of nitrogens with zero attached hydrogens (tertiary/aromatic N) is 2. The van der Waals surface area contributed by atoms with Crippen molar-refractivity contribution in [2.75, 3.05) is 5.32 Å². The van der Waals surface area contributed by atoms with Crippen LogP contribution in [0.25, 0.3) is 38.9 Å². The number of carbonyl (C=O) groups excluding carboxylic acids is 2. The molecule has 234 valence electrons. The fraction of sp³-hybridized carbons (Fsp3) is 0.243. The molecule has 2 heterocycles. The van der Waals surface area contributed by atoms with Gasteiger partial charge in [0, 0.05) is 46.2 Å². The standard InChI is InChI=1S/C37H36N4O4S/c1-37(2,36(45)38-27-17-13-23(14-18-27)15-20-31(42)43)40-34(44)26-16-19-28-30(21-26)41(3)33(32(28)24-9-7-8-10-24)29-22-46-35(39-29)25-11-5-4-6-12-25/h4-6,11-22,24H,7-10H2,1-3H3,(H,38,45)(H,40,44)(H,42,43)/b20-15+. The van der Waals surface area contributed by atoms with Crippen LogP contribution in [0.4, 0.5) is 5.69 Å². The molecule has 9 heteroatoms. The second kappa shape index (κ2) is 12.8. The molecule has 2 aromatic heterocycles. The third-order valence-electron chi connectivity index (χ3n) is 8.61. The van der Waals surface area contributed by atoms with Gasteiger partial charge in [-0.15, -0.1) is 11.3 Å². The van der Waals surface area contributed by atoms with Crippen LogP contribution in [0.3, 0.4) is 0 Å². The number of nitrogens with one attached hydrogen (secondary N) is 2. The third kappa shape index (κ3) is 6.37. The molecule has 1 aliphatic carbocycles. The van der Waals surface area contributed by atoms with Crippen LogP contribution in [0.2, 0.25) is 0 Å². The van der Waals surface area contributed by atoms with E-state index in [9.17, 15) is 14.4 Å². The number of carboxylic acid groups (broad SMARTS) is 1. The van der Waals surface area contributed by atoms with Crippen molar-refractivity contribution < 1.29 is 19.5 Å². The fourth-order valence-electron chi connectivity index (χ4n) is 6.19. The Hall–Kier alpha value is -5.02. The van der Waals surface area contributed by atoms with Gasteiger partial charge < -0.3 is 20.3 Å². The van der Waals surface area contributed by atoms with Crippen LogP contribution in [-0.2, 0) is 16.6 Å². The number of hydrogen-bond donors (Lipinski definition) is 3. The molecule has 0 saturated heterocycles. The van der Waals surface area contributed by atoms with Crippen LogP contribution < -0.4 is 10.6 Å². The summed E-state index contributed by atoms with van der Waals surface area (Å²) in [4.78, 5) is 42.6. The maximum absolute atomic E-state index is 13.6. The summed E-state index contributed by atoms with van der Waals surface area (Å²) in [7, 11) is 2.04. The molecule has 46 heavy (non-hydrogen) atoms.